The van der Waals surface area contributed by atoms with Crippen LogP contribution in [0.3, 0.4) is 0 Å². The van der Waals surface area contributed by atoms with Gasteiger partial charge < -0.3 is 23.7 Å². The zero-order valence-corrected chi connectivity index (χ0v) is 19.7. The zero-order valence-electron chi connectivity index (χ0n) is 19.7. The van der Waals surface area contributed by atoms with Crippen molar-refractivity contribution in [1.29, 1.82) is 0 Å². The maximum Gasteiger partial charge on any atom is 0.410 e. The van der Waals surface area contributed by atoms with Crippen LogP contribution >= 0.6 is 0 Å². The second-order valence-corrected chi connectivity index (χ2v) is 9.39. The van der Waals surface area contributed by atoms with E-state index in [1.165, 1.54) is 5.56 Å². The van der Waals surface area contributed by atoms with E-state index in [0.29, 0.717) is 44.3 Å². The molecule has 7 nitrogen and oxygen atoms in total. The number of carbonyl (C=O) groups is 2. The van der Waals surface area contributed by atoms with E-state index >= 15 is 0 Å². The molecule has 0 radical (unpaired) electrons. The Morgan fingerprint density at radius 1 is 0.969 bits per heavy atom. The lowest BCUT2D eigenvalue weighted by Crippen LogP contribution is -2.40. The monoisotopic (exact) mass is 442 g/mol. The maximum absolute atomic E-state index is 12.9. The summed E-state index contributed by atoms with van der Waals surface area (Å²) in [7, 11) is 0. The lowest BCUT2D eigenvalue weighted by molar-refractivity contribution is 0.0255. The van der Waals surface area contributed by atoms with Crippen LogP contribution in [-0.2, 0) is 11.3 Å². The van der Waals surface area contributed by atoms with Crippen LogP contribution in [0.15, 0.2) is 40.8 Å². The molecular formula is C25H34N2O5. The van der Waals surface area contributed by atoms with Crippen molar-refractivity contribution in [3.63, 3.8) is 0 Å². The standard InChI is InChI=1S/C25H34N2O5/c1-18(2)19-7-9-20(10-8-19)30-17-21-11-12-22(31-21)23(28)26-13-6-14-27(16-15-26)24(29)32-25(3,4)5/h7-12,18H,6,13-17H2,1-5H3. The van der Waals surface area contributed by atoms with Crippen molar-refractivity contribution in [2.75, 3.05) is 26.2 Å². The van der Waals surface area contributed by atoms with Gasteiger partial charge in [0, 0.05) is 26.2 Å². The highest BCUT2D eigenvalue weighted by molar-refractivity contribution is 5.91. The molecule has 32 heavy (non-hydrogen) atoms. The van der Waals surface area contributed by atoms with Gasteiger partial charge in [-0.3, -0.25) is 4.79 Å². The van der Waals surface area contributed by atoms with Crippen LogP contribution in [0, 0.1) is 0 Å². The van der Waals surface area contributed by atoms with Crippen molar-refractivity contribution >= 4 is 12.0 Å². The van der Waals surface area contributed by atoms with Crippen molar-refractivity contribution in [1.82, 2.24) is 9.80 Å². The summed E-state index contributed by atoms with van der Waals surface area (Å²) in [6, 6.07) is 11.4. The number of carbonyl (C=O) groups excluding carboxylic acids is 2. The summed E-state index contributed by atoms with van der Waals surface area (Å²) in [5, 5.41) is 0. The predicted octanol–water partition coefficient (Wildman–Crippen LogP) is 5.07. The first-order chi connectivity index (χ1) is 15.1. The fraction of sp³-hybridized carbons (Fsp3) is 0.520. The zero-order chi connectivity index (χ0) is 23.3. The molecule has 0 aliphatic carbocycles. The van der Waals surface area contributed by atoms with Gasteiger partial charge in [-0.05, 0) is 62.9 Å². The third-order valence-electron chi connectivity index (χ3n) is 5.24. The van der Waals surface area contributed by atoms with Crippen molar-refractivity contribution < 1.29 is 23.5 Å². The number of hydrogen-bond donors (Lipinski definition) is 0. The maximum atomic E-state index is 12.9. The minimum Gasteiger partial charge on any atom is -0.486 e. The van der Waals surface area contributed by atoms with Crippen LogP contribution in [0.2, 0.25) is 0 Å². The molecule has 2 heterocycles. The van der Waals surface area contributed by atoms with Gasteiger partial charge in [0.05, 0.1) is 0 Å². The Morgan fingerprint density at radius 2 is 1.62 bits per heavy atom. The van der Waals surface area contributed by atoms with Gasteiger partial charge in [0.25, 0.3) is 5.91 Å². The molecule has 1 aromatic carbocycles. The highest BCUT2D eigenvalue weighted by atomic mass is 16.6. The smallest absolute Gasteiger partial charge is 0.410 e. The molecule has 1 aliphatic rings. The van der Waals surface area contributed by atoms with E-state index in [0.717, 1.165) is 5.75 Å². The summed E-state index contributed by atoms with van der Waals surface area (Å²) >= 11 is 0. The SMILES string of the molecule is CC(C)c1ccc(OCc2ccc(C(=O)N3CCCN(C(=O)OC(C)(C)C)CC3)o2)cc1. The number of amides is 2. The molecule has 1 aromatic heterocycles. The molecule has 0 bridgehead atoms. The predicted molar refractivity (Wildman–Crippen MR) is 122 cm³/mol. The lowest BCUT2D eigenvalue weighted by Gasteiger charge is -2.26. The Labute approximate surface area is 190 Å². The summed E-state index contributed by atoms with van der Waals surface area (Å²) in [6.45, 7) is 12.1. The van der Waals surface area contributed by atoms with Gasteiger partial charge in [-0.1, -0.05) is 26.0 Å². The van der Waals surface area contributed by atoms with Crippen molar-refractivity contribution in [2.24, 2.45) is 0 Å². The summed E-state index contributed by atoms with van der Waals surface area (Å²) in [5.41, 5.74) is 0.716. The first-order valence-corrected chi connectivity index (χ1v) is 11.2. The Bertz CT molecular complexity index is 911. The van der Waals surface area contributed by atoms with E-state index in [2.05, 4.69) is 26.0 Å². The van der Waals surface area contributed by atoms with Gasteiger partial charge in [0.15, 0.2) is 5.76 Å². The quantitative estimate of drug-likeness (QED) is 0.647. The van der Waals surface area contributed by atoms with Crippen molar-refractivity contribution in [3.05, 3.63) is 53.5 Å². The molecule has 0 unspecified atom stereocenters. The Hall–Kier alpha value is -2.96. The number of nitrogens with zero attached hydrogens (tertiary/aromatic N) is 2. The van der Waals surface area contributed by atoms with E-state index in [4.69, 9.17) is 13.9 Å². The van der Waals surface area contributed by atoms with Crippen LogP contribution in [-0.4, -0.2) is 53.6 Å². The highest BCUT2D eigenvalue weighted by Gasteiger charge is 2.27. The lowest BCUT2D eigenvalue weighted by atomic mass is 10.0. The largest absolute Gasteiger partial charge is 0.486 e. The second kappa shape index (κ2) is 10.1. The second-order valence-electron chi connectivity index (χ2n) is 9.39. The molecule has 1 fully saturated rings. The molecule has 0 spiro atoms. The van der Waals surface area contributed by atoms with Crippen molar-refractivity contribution in [2.45, 2.75) is 59.2 Å². The highest BCUT2D eigenvalue weighted by Crippen LogP contribution is 2.20. The van der Waals surface area contributed by atoms with E-state index < -0.39 is 5.60 Å². The van der Waals surface area contributed by atoms with Crippen LogP contribution in [0.4, 0.5) is 4.79 Å². The van der Waals surface area contributed by atoms with Crippen LogP contribution in [0.1, 0.15) is 68.8 Å². The Balaban J connectivity index is 1.53. The molecule has 1 saturated heterocycles. The van der Waals surface area contributed by atoms with Crippen LogP contribution < -0.4 is 4.74 Å². The van der Waals surface area contributed by atoms with E-state index in [1.807, 2.05) is 32.9 Å². The molecule has 174 valence electrons. The molecule has 2 aromatic rings. The Morgan fingerprint density at radius 3 is 2.28 bits per heavy atom. The molecule has 0 N–H and O–H groups in total. The minimum atomic E-state index is -0.540. The van der Waals surface area contributed by atoms with E-state index in [-0.39, 0.29) is 24.4 Å². The molecule has 2 amide bonds. The normalized spacial score (nSPS) is 14.9. The van der Waals surface area contributed by atoms with Crippen LogP contribution in [0.5, 0.6) is 5.75 Å². The summed E-state index contributed by atoms with van der Waals surface area (Å²) in [4.78, 5) is 28.6. The molecule has 3 rings (SSSR count). The van der Waals surface area contributed by atoms with Crippen LogP contribution in [0.25, 0.3) is 0 Å². The van der Waals surface area contributed by atoms with E-state index in [1.54, 1.807) is 21.9 Å². The Kier molecular flexibility index (Phi) is 7.48. The fourth-order valence-corrected chi connectivity index (χ4v) is 3.46. The number of rotatable bonds is 5. The molecule has 7 heteroatoms. The van der Waals surface area contributed by atoms with Gasteiger partial charge in [-0.25, -0.2) is 4.79 Å². The number of hydrogen-bond acceptors (Lipinski definition) is 5. The molecular weight excluding hydrogens is 408 g/mol. The number of benzene rings is 1. The molecule has 0 saturated carbocycles. The number of furan rings is 1. The average molecular weight is 443 g/mol. The fourth-order valence-electron chi connectivity index (χ4n) is 3.46. The molecule has 0 atom stereocenters. The van der Waals surface area contributed by atoms with Gasteiger partial charge in [0.1, 0.15) is 23.7 Å². The summed E-state index contributed by atoms with van der Waals surface area (Å²) < 4.78 is 17.0. The number of ether oxygens (including phenoxy) is 2. The summed E-state index contributed by atoms with van der Waals surface area (Å²) in [6.07, 6.45) is 0.347. The van der Waals surface area contributed by atoms with Gasteiger partial charge in [-0.2, -0.15) is 0 Å². The first kappa shape index (κ1) is 23.7. The first-order valence-electron chi connectivity index (χ1n) is 11.2. The topological polar surface area (TPSA) is 72.2 Å². The minimum absolute atomic E-state index is 0.177. The van der Waals surface area contributed by atoms with Gasteiger partial charge in [0.2, 0.25) is 0 Å². The van der Waals surface area contributed by atoms with Gasteiger partial charge in [-0.15, -0.1) is 0 Å². The average Bonchev–Trinajstić information content (AvgIpc) is 3.06. The molecule has 1 aliphatic heterocycles. The summed E-state index contributed by atoms with van der Waals surface area (Å²) in [5.74, 6) is 1.92. The van der Waals surface area contributed by atoms with Gasteiger partial charge >= 0.3 is 6.09 Å². The third-order valence-corrected chi connectivity index (χ3v) is 5.24. The van der Waals surface area contributed by atoms with Crippen molar-refractivity contribution in [3.8, 4) is 5.75 Å². The third kappa shape index (κ3) is 6.52. The van der Waals surface area contributed by atoms with E-state index in [9.17, 15) is 9.59 Å².